The normalized spacial score (nSPS) is 13.2. The van der Waals surface area contributed by atoms with E-state index in [2.05, 4.69) is 6.58 Å². The molecule has 0 rings (SSSR count). The summed E-state index contributed by atoms with van der Waals surface area (Å²) in [5.74, 6) is 0. The zero-order valence-corrected chi connectivity index (χ0v) is 9.21. The van der Waals surface area contributed by atoms with E-state index in [0.717, 1.165) is 6.08 Å². The molecule has 0 saturated carbocycles. The molecule has 4 heteroatoms. The van der Waals surface area contributed by atoms with Gasteiger partial charge in [0.15, 0.2) is 0 Å². The molecule has 0 saturated heterocycles. The van der Waals surface area contributed by atoms with Crippen molar-refractivity contribution in [2.45, 2.75) is 32.5 Å². The van der Waals surface area contributed by atoms with Gasteiger partial charge in [-0.2, -0.15) is 0 Å². The van der Waals surface area contributed by atoms with Crippen LogP contribution < -0.4 is 0 Å². The Morgan fingerprint density at radius 3 is 2.50 bits per heavy atom. The van der Waals surface area contributed by atoms with Gasteiger partial charge in [0.2, 0.25) is 0 Å². The van der Waals surface area contributed by atoms with Gasteiger partial charge in [-0.1, -0.05) is 6.08 Å². The van der Waals surface area contributed by atoms with E-state index in [1.165, 1.54) is 11.9 Å². The Bertz CT molecular complexity index is 211. The molecule has 0 aliphatic carbocycles. The van der Waals surface area contributed by atoms with Gasteiger partial charge in [-0.3, -0.25) is 0 Å². The van der Waals surface area contributed by atoms with E-state index in [4.69, 9.17) is 4.74 Å². The van der Waals surface area contributed by atoms with Gasteiger partial charge in [-0.15, -0.1) is 6.58 Å². The summed E-state index contributed by atoms with van der Waals surface area (Å²) < 4.78 is 17.8. The minimum atomic E-state index is -1.22. The summed E-state index contributed by atoms with van der Waals surface area (Å²) in [7, 11) is 1.49. The molecule has 82 valence electrons. The summed E-state index contributed by atoms with van der Waals surface area (Å²) in [4.78, 5) is 12.5. The van der Waals surface area contributed by atoms with Crippen LogP contribution in [0.25, 0.3) is 0 Å². The standard InChI is InChI=1S/C10H18FNO2/c1-6-8(11)7-12(5)9(13)14-10(2,3)4/h6,8H,1,7H2,2-5H3. The van der Waals surface area contributed by atoms with E-state index in [1.807, 2.05) is 0 Å². The fourth-order valence-corrected chi connectivity index (χ4v) is 0.751. The van der Waals surface area contributed by atoms with Crippen LogP contribution in [0.1, 0.15) is 20.8 Å². The largest absolute Gasteiger partial charge is 0.444 e. The second kappa shape index (κ2) is 4.98. The Kier molecular flexibility index (Phi) is 4.60. The van der Waals surface area contributed by atoms with Crippen molar-refractivity contribution in [3.63, 3.8) is 0 Å². The first-order valence-electron chi connectivity index (χ1n) is 4.47. The third-order valence-corrected chi connectivity index (χ3v) is 1.41. The molecule has 1 atom stereocenters. The fraction of sp³-hybridized carbons (Fsp3) is 0.700. The van der Waals surface area contributed by atoms with Crippen LogP contribution in [-0.2, 0) is 4.74 Å². The number of rotatable bonds is 3. The Morgan fingerprint density at radius 1 is 1.64 bits per heavy atom. The van der Waals surface area contributed by atoms with Crippen molar-refractivity contribution in [3.8, 4) is 0 Å². The summed E-state index contributed by atoms with van der Waals surface area (Å²) >= 11 is 0. The minimum Gasteiger partial charge on any atom is -0.444 e. The number of carbonyl (C=O) groups is 1. The number of halogens is 1. The van der Waals surface area contributed by atoms with Crippen molar-refractivity contribution in [1.29, 1.82) is 0 Å². The third-order valence-electron chi connectivity index (χ3n) is 1.41. The van der Waals surface area contributed by atoms with Crippen molar-refractivity contribution >= 4 is 6.09 Å². The monoisotopic (exact) mass is 203 g/mol. The maximum Gasteiger partial charge on any atom is 0.410 e. The molecule has 0 aliphatic rings. The predicted molar refractivity (Wildman–Crippen MR) is 54.0 cm³/mol. The first-order chi connectivity index (χ1) is 6.26. The van der Waals surface area contributed by atoms with E-state index in [0.29, 0.717) is 0 Å². The maximum atomic E-state index is 12.8. The number of ether oxygens (including phenoxy) is 1. The smallest absolute Gasteiger partial charge is 0.410 e. The predicted octanol–water partition coefficient (Wildman–Crippen LogP) is 2.38. The van der Waals surface area contributed by atoms with Gasteiger partial charge >= 0.3 is 6.09 Å². The zero-order chi connectivity index (χ0) is 11.4. The van der Waals surface area contributed by atoms with E-state index in [-0.39, 0.29) is 6.54 Å². The molecule has 1 unspecified atom stereocenters. The van der Waals surface area contributed by atoms with Crippen LogP contribution >= 0.6 is 0 Å². The molecule has 0 N–H and O–H groups in total. The summed E-state index contributed by atoms with van der Waals surface area (Å²) in [6.45, 7) is 8.55. The fourth-order valence-electron chi connectivity index (χ4n) is 0.751. The molecular formula is C10H18FNO2. The number of amides is 1. The molecule has 0 aromatic rings. The van der Waals surface area contributed by atoms with E-state index < -0.39 is 17.9 Å². The van der Waals surface area contributed by atoms with Crippen molar-refractivity contribution in [3.05, 3.63) is 12.7 Å². The quantitative estimate of drug-likeness (QED) is 0.659. The molecule has 1 amide bonds. The Morgan fingerprint density at radius 2 is 2.14 bits per heavy atom. The summed E-state index contributed by atoms with van der Waals surface area (Å²) in [5, 5.41) is 0. The lowest BCUT2D eigenvalue weighted by Gasteiger charge is -2.24. The third kappa shape index (κ3) is 5.56. The van der Waals surface area contributed by atoms with Crippen molar-refractivity contribution in [2.75, 3.05) is 13.6 Å². The van der Waals surface area contributed by atoms with Gasteiger partial charge in [-0.25, -0.2) is 9.18 Å². The Balaban J connectivity index is 4.06. The second-order valence-electron chi connectivity index (χ2n) is 4.11. The minimum absolute atomic E-state index is 0.0294. The van der Waals surface area contributed by atoms with Crippen LogP contribution in [0.15, 0.2) is 12.7 Å². The first-order valence-corrected chi connectivity index (χ1v) is 4.47. The summed E-state index contributed by atoms with van der Waals surface area (Å²) in [6, 6.07) is 0. The number of alkyl halides is 1. The summed E-state index contributed by atoms with van der Waals surface area (Å²) in [6.07, 6.45) is -0.588. The van der Waals surface area contributed by atoms with E-state index in [9.17, 15) is 9.18 Å². The van der Waals surface area contributed by atoms with Gasteiger partial charge in [0.25, 0.3) is 0 Å². The van der Waals surface area contributed by atoms with Crippen LogP contribution in [0.5, 0.6) is 0 Å². The molecule has 0 bridgehead atoms. The number of nitrogens with zero attached hydrogens (tertiary/aromatic N) is 1. The van der Waals surface area contributed by atoms with E-state index in [1.54, 1.807) is 20.8 Å². The molecule has 0 aromatic carbocycles. The molecule has 3 nitrogen and oxygen atoms in total. The number of hydrogen-bond acceptors (Lipinski definition) is 2. The first kappa shape index (κ1) is 12.9. The topological polar surface area (TPSA) is 29.5 Å². The molecule has 14 heavy (non-hydrogen) atoms. The SMILES string of the molecule is C=CC(F)CN(C)C(=O)OC(C)(C)C. The highest BCUT2D eigenvalue weighted by atomic mass is 19.1. The molecule has 0 radical (unpaired) electrons. The molecule has 0 aliphatic heterocycles. The van der Waals surface area contributed by atoms with Gasteiger partial charge in [0.05, 0.1) is 6.54 Å². The summed E-state index contributed by atoms with van der Waals surface area (Å²) in [5.41, 5.74) is -0.550. The van der Waals surface area contributed by atoms with Gasteiger partial charge in [0.1, 0.15) is 11.8 Å². The molecule has 0 spiro atoms. The van der Waals surface area contributed by atoms with Crippen molar-refractivity contribution in [2.24, 2.45) is 0 Å². The highest BCUT2D eigenvalue weighted by molar-refractivity contribution is 5.67. The molecule has 0 aromatic heterocycles. The Labute approximate surface area is 84.5 Å². The number of hydrogen-bond donors (Lipinski definition) is 0. The van der Waals surface area contributed by atoms with Crippen LogP contribution in [-0.4, -0.2) is 36.4 Å². The van der Waals surface area contributed by atoms with Crippen molar-refractivity contribution in [1.82, 2.24) is 4.90 Å². The maximum absolute atomic E-state index is 12.8. The van der Waals surface area contributed by atoms with Crippen molar-refractivity contribution < 1.29 is 13.9 Å². The second-order valence-corrected chi connectivity index (χ2v) is 4.11. The highest BCUT2D eigenvalue weighted by Gasteiger charge is 2.20. The lowest BCUT2D eigenvalue weighted by Crippen LogP contribution is -2.37. The molecule has 0 heterocycles. The number of carbonyl (C=O) groups excluding carboxylic acids is 1. The lowest BCUT2D eigenvalue weighted by atomic mass is 10.2. The molecular weight excluding hydrogens is 185 g/mol. The average Bonchev–Trinajstić information content (AvgIpc) is 2.00. The van der Waals surface area contributed by atoms with Gasteiger partial charge in [0, 0.05) is 7.05 Å². The zero-order valence-electron chi connectivity index (χ0n) is 9.21. The lowest BCUT2D eigenvalue weighted by molar-refractivity contribution is 0.0272. The van der Waals surface area contributed by atoms with Crippen LogP contribution in [0.2, 0.25) is 0 Å². The van der Waals surface area contributed by atoms with E-state index >= 15 is 0 Å². The van der Waals surface area contributed by atoms with Gasteiger partial charge < -0.3 is 9.64 Å². The Hall–Kier alpha value is -1.06. The average molecular weight is 203 g/mol. The highest BCUT2D eigenvalue weighted by Crippen LogP contribution is 2.09. The van der Waals surface area contributed by atoms with Crippen LogP contribution in [0.3, 0.4) is 0 Å². The molecule has 0 fully saturated rings. The van der Waals surface area contributed by atoms with Crippen LogP contribution in [0.4, 0.5) is 9.18 Å². The van der Waals surface area contributed by atoms with Crippen LogP contribution in [0, 0.1) is 0 Å². The van der Waals surface area contributed by atoms with Gasteiger partial charge in [-0.05, 0) is 20.8 Å².